The molecule has 4 rings (SSSR count). The molecule has 4 nitrogen and oxygen atoms in total. The Labute approximate surface area is 142 Å². The SMILES string of the molecule is CC1CCc2nc3sc(C(N)=O)c(N)c3c(-c3cccs3)c2C1. The molecule has 118 valence electrons. The molecule has 0 bridgehead atoms. The Balaban J connectivity index is 2.12. The van der Waals surface area contributed by atoms with E-state index in [1.807, 2.05) is 6.07 Å². The zero-order valence-electron chi connectivity index (χ0n) is 12.8. The van der Waals surface area contributed by atoms with Gasteiger partial charge in [-0.3, -0.25) is 4.79 Å². The molecule has 3 aromatic heterocycles. The minimum atomic E-state index is -0.478. The molecular formula is C17H17N3OS2. The van der Waals surface area contributed by atoms with E-state index in [2.05, 4.69) is 18.4 Å². The molecule has 0 saturated heterocycles. The van der Waals surface area contributed by atoms with Crippen molar-refractivity contribution in [2.75, 3.05) is 5.73 Å². The highest BCUT2D eigenvalue weighted by Crippen LogP contribution is 2.45. The first kappa shape index (κ1) is 14.7. The van der Waals surface area contributed by atoms with Gasteiger partial charge in [0.2, 0.25) is 0 Å². The first-order chi connectivity index (χ1) is 11.1. The van der Waals surface area contributed by atoms with Crippen LogP contribution in [0.1, 0.15) is 34.3 Å². The summed E-state index contributed by atoms with van der Waals surface area (Å²) in [5.41, 5.74) is 15.9. The van der Waals surface area contributed by atoms with Crippen molar-refractivity contribution < 1.29 is 4.79 Å². The third-order valence-corrected chi connectivity index (χ3v) is 6.48. The van der Waals surface area contributed by atoms with Crippen molar-refractivity contribution in [2.24, 2.45) is 11.7 Å². The molecule has 1 unspecified atom stereocenters. The van der Waals surface area contributed by atoms with Crippen LogP contribution in [0.3, 0.4) is 0 Å². The maximum absolute atomic E-state index is 11.7. The van der Waals surface area contributed by atoms with E-state index in [1.54, 1.807) is 11.3 Å². The van der Waals surface area contributed by atoms with Crippen LogP contribution in [0.5, 0.6) is 0 Å². The van der Waals surface area contributed by atoms with Crippen LogP contribution in [0.2, 0.25) is 0 Å². The van der Waals surface area contributed by atoms with Gasteiger partial charge in [0.1, 0.15) is 9.71 Å². The van der Waals surface area contributed by atoms with Crippen LogP contribution in [0.4, 0.5) is 5.69 Å². The molecule has 23 heavy (non-hydrogen) atoms. The second-order valence-corrected chi connectivity index (χ2v) is 8.07. The van der Waals surface area contributed by atoms with Gasteiger partial charge in [-0.05, 0) is 42.2 Å². The largest absolute Gasteiger partial charge is 0.397 e. The minimum absolute atomic E-state index is 0.417. The number of nitrogens with two attached hydrogens (primary N) is 2. The monoisotopic (exact) mass is 343 g/mol. The molecule has 0 aromatic carbocycles. The average molecular weight is 343 g/mol. The van der Waals surface area contributed by atoms with Gasteiger partial charge in [-0.15, -0.1) is 22.7 Å². The third kappa shape index (κ3) is 2.24. The number of hydrogen-bond acceptors (Lipinski definition) is 5. The number of carbonyl (C=O) groups is 1. The van der Waals surface area contributed by atoms with Gasteiger partial charge in [-0.1, -0.05) is 13.0 Å². The van der Waals surface area contributed by atoms with Gasteiger partial charge in [0.15, 0.2) is 0 Å². The molecule has 3 aromatic rings. The van der Waals surface area contributed by atoms with Crippen molar-refractivity contribution in [2.45, 2.75) is 26.2 Å². The zero-order chi connectivity index (χ0) is 16.1. The van der Waals surface area contributed by atoms with Gasteiger partial charge < -0.3 is 11.5 Å². The minimum Gasteiger partial charge on any atom is -0.397 e. The van der Waals surface area contributed by atoms with Gasteiger partial charge in [0.05, 0.1) is 5.69 Å². The lowest BCUT2D eigenvalue weighted by Crippen LogP contribution is -2.14. The van der Waals surface area contributed by atoms with Crippen molar-refractivity contribution in [3.63, 3.8) is 0 Å². The third-order valence-electron chi connectivity index (χ3n) is 4.48. The normalized spacial score (nSPS) is 17.3. The number of amides is 1. The standard InChI is InChI=1S/C17H17N3OS2/c1-8-4-5-10-9(7-8)12(11-3-2-6-22-11)13-14(18)15(16(19)21)23-17(13)20-10/h2-3,6,8H,4-5,7,18H2,1H3,(H2,19,21). The molecule has 0 aliphatic heterocycles. The summed E-state index contributed by atoms with van der Waals surface area (Å²) in [6.45, 7) is 2.27. The van der Waals surface area contributed by atoms with Crippen molar-refractivity contribution in [3.05, 3.63) is 33.6 Å². The number of aryl methyl sites for hydroxylation is 1. The van der Waals surface area contributed by atoms with E-state index < -0.39 is 5.91 Å². The first-order valence-corrected chi connectivity index (χ1v) is 9.33. The van der Waals surface area contributed by atoms with Gasteiger partial charge in [-0.2, -0.15) is 0 Å². The molecule has 1 atom stereocenters. The summed E-state index contributed by atoms with van der Waals surface area (Å²) in [5.74, 6) is 0.157. The van der Waals surface area contributed by atoms with Crippen LogP contribution in [0.15, 0.2) is 17.5 Å². The van der Waals surface area contributed by atoms with Crippen LogP contribution >= 0.6 is 22.7 Å². The number of rotatable bonds is 2. The van der Waals surface area contributed by atoms with Crippen LogP contribution < -0.4 is 11.5 Å². The zero-order valence-corrected chi connectivity index (χ0v) is 14.4. The fourth-order valence-corrected chi connectivity index (χ4v) is 5.15. The summed E-state index contributed by atoms with van der Waals surface area (Å²) >= 11 is 3.01. The molecule has 1 amide bonds. The molecule has 4 N–H and O–H groups in total. The van der Waals surface area contributed by atoms with E-state index in [1.165, 1.54) is 21.8 Å². The highest BCUT2D eigenvalue weighted by atomic mass is 32.1. The van der Waals surface area contributed by atoms with Crippen molar-refractivity contribution in [1.29, 1.82) is 0 Å². The average Bonchev–Trinajstić information content (AvgIpc) is 3.14. The molecular weight excluding hydrogens is 326 g/mol. The smallest absolute Gasteiger partial charge is 0.260 e. The summed E-state index contributed by atoms with van der Waals surface area (Å²) in [6.07, 6.45) is 3.14. The number of primary amides is 1. The fraction of sp³-hybridized carbons (Fsp3) is 0.294. The maximum atomic E-state index is 11.7. The molecule has 0 radical (unpaired) electrons. The second-order valence-electron chi connectivity index (χ2n) is 6.13. The number of nitrogens with zero attached hydrogens (tertiary/aromatic N) is 1. The van der Waals surface area contributed by atoms with Gasteiger partial charge >= 0.3 is 0 Å². The van der Waals surface area contributed by atoms with Crippen molar-refractivity contribution in [3.8, 4) is 10.4 Å². The Hall–Kier alpha value is -1.92. The van der Waals surface area contributed by atoms with E-state index in [-0.39, 0.29) is 0 Å². The topological polar surface area (TPSA) is 82.0 Å². The fourth-order valence-electron chi connectivity index (χ4n) is 3.37. The van der Waals surface area contributed by atoms with Gasteiger partial charge in [-0.25, -0.2) is 4.98 Å². The predicted molar refractivity (Wildman–Crippen MR) is 97.1 cm³/mol. The van der Waals surface area contributed by atoms with E-state index in [0.29, 0.717) is 16.5 Å². The van der Waals surface area contributed by atoms with Crippen LogP contribution in [0, 0.1) is 5.92 Å². The highest BCUT2D eigenvalue weighted by molar-refractivity contribution is 7.21. The van der Waals surface area contributed by atoms with E-state index in [9.17, 15) is 4.79 Å². The van der Waals surface area contributed by atoms with Crippen LogP contribution in [-0.4, -0.2) is 10.9 Å². The highest BCUT2D eigenvalue weighted by Gasteiger charge is 2.27. The Bertz CT molecular complexity index is 912. The lowest BCUT2D eigenvalue weighted by molar-refractivity contribution is 0.100. The molecule has 0 saturated carbocycles. The number of pyridine rings is 1. The number of thiophene rings is 2. The summed E-state index contributed by atoms with van der Waals surface area (Å²) < 4.78 is 0. The number of hydrogen-bond donors (Lipinski definition) is 2. The molecule has 1 aliphatic rings. The number of nitrogen functional groups attached to an aromatic ring is 1. The molecule has 6 heteroatoms. The Kier molecular flexibility index (Phi) is 3.39. The summed E-state index contributed by atoms with van der Waals surface area (Å²) in [7, 11) is 0. The molecule has 3 heterocycles. The van der Waals surface area contributed by atoms with Crippen molar-refractivity contribution >= 4 is 44.5 Å². The molecule has 0 spiro atoms. The summed E-state index contributed by atoms with van der Waals surface area (Å²) in [5, 5.41) is 2.97. The number of fused-ring (bicyclic) bond motifs is 2. The lowest BCUT2D eigenvalue weighted by Gasteiger charge is -2.23. The Morgan fingerprint density at radius 1 is 1.43 bits per heavy atom. The Morgan fingerprint density at radius 2 is 2.26 bits per heavy atom. The van der Waals surface area contributed by atoms with E-state index in [0.717, 1.165) is 40.7 Å². The van der Waals surface area contributed by atoms with Gasteiger partial charge in [0, 0.05) is 21.5 Å². The van der Waals surface area contributed by atoms with Crippen molar-refractivity contribution in [1.82, 2.24) is 4.98 Å². The predicted octanol–water partition coefficient (Wildman–Crippen LogP) is 3.83. The summed E-state index contributed by atoms with van der Waals surface area (Å²) in [4.78, 5) is 18.9. The number of carbonyl (C=O) groups excluding carboxylic acids is 1. The van der Waals surface area contributed by atoms with E-state index >= 15 is 0 Å². The van der Waals surface area contributed by atoms with Crippen LogP contribution in [-0.2, 0) is 12.8 Å². The van der Waals surface area contributed by atoms with Crippen LogP contribution in [0.25, 0.3) is 20.7 Å². The lowest BCUT2D eigenvalue weighted by atomic mass is 9.84. The molecule has 0 fully saturated rings. The van der Waals surface area contributed by atoms with E-state index in [4.69, 9.17) is 16.5 Å². The quantitative estimate of drug-likeness (QED) is 0.742. The number of anilines is 1. The first-order valence-electron chi connectivity index (χ1n) is 7.63. The number of aromatic nitrogens is 1. The van der Waals surface area contributed by atoms with Gasteiger partial charge in [0.25, 0.3) is 5.91 Å². The maximum Gasteiger partial charge on any atom is 0.260 e. The molecule has 1 aliphatic carbocycles. The Morgan fingerprint density at radius 3 is 2.96 bits per heavy atom. The second kappa shape index (κ2) is 5.32. The summed E-state index contributed by atoms with van der Waals surface area (Å²) in [6, 6.07) is 4.16.